The Morgan fingerprint density at radius 3 is 2.13 bits per heavy atom. The van der Waals surface area contributed by atoms with Crippen LogP contribution in [-0.2, 0) is 16.0 Å². The number of anilines is 1. The highest BCUT2D eigenvalue weighted by Gasteiger charge is 2.29. The van der Waals surface area contributed by atoms with Gasteiger partial charge in [0.1, 0.15) is 0 Å². The number of carbonyl (C=O) groups is 3. The molecule has 4 rings (SSSR count). The van der Waals surface area contributed by atoms with Crippen molar-refractivity contribution in [3.05, 3.63) is 65.7 Å². The van der Waals surface area contributed by atoms with E-state index in [-0.39, 0.29) is 23.6 Å². The minimum atomic E-state index is -0.0313. The molecule has 0 aromatic heterocycles. The van der Waals surface area contributed by atoms with E-state index in [9.17, 15) is 14.4 Å². The summed E-state index contributed by atoms with van der Waals surface area (Å²) in [7, 11) is 0. The lowest BCUT2D eigenvalue weighted by Gasteiger charge is -2.35. The number of benzene rings is 2. The van der Waals surface area contributed by atoms with Crippen molar-refractivity contribution in [3.63, 3.8) is 0 Å². The third-order valence-corrected chi connectivity index (χ3v) is 5.97. The van der Waals surface area contributed by atoms with E-state index in [2.05, 4.69) is 17.4 Å². The molecule has 1 saturated carbocycles. The summed E-state index contributed by atoms with van der Waals surface area (Å²) in [6.07, 6.45) is 4.21. The number of hydrogen-bond acceptors (Lipinski definition) is 3. The standard InChI is InChI=1S/C25H29N3O3/c29-23(8-4-7-19-5-2-1-3-6-19)27-15-17-28(18-16-27)25(31)21-11-13-22(14-12-21)26-24(30)20-9-10-20/h1-3,5-6,11-14,20H,4,7-10,15-18H2,(H,26,30). The molecule has 2 fully saturated rings. The molecule has 1 heterocycles. The van der Waals surface area contributed by atoms with Gasteiger partial charge in [-0.15, -0.1) is 0 Å². The van der Waals surface area contributed by atoms with Crippen LogP contribution in [0.2, 0.25) is 0 Å². The van der Waals surface area contributed by atoms with Gasteiger partial charge in [-0.05, 0) is 55.5 Å². The number of aryl methyl sites for hydroxylation is 1. The van der Waals surface area contributed by atoms with Crippen LogP contribution >= 0.6 is 0 Å². The lowest BCUT2D eigenvalue weighted by Crippen LogP contribution is -2.50. The van der Waals surface area contributed by atoms with Gasteiger partial charge in [-0.2, -0.15) is 0 Å². The zero-order valence-electron chi connectivity index (χ0n) is 17.8. The molecule has 2 aliphatic rings. The predicted molar refractivity (Wildman–Crippen MR) is 120 cm³/mol. The number of hydrogen-bond donors (Lipinski definition) is 1. The molecule has 2 aromatic carbocycles. The molecule has 1 N–H and O–H groups in total. The summed E-state index contributed by atoms with van der Waals surface area (Å²) in [5.41, 5.74) is 2.58. The predicted octanol–water partition coefficient (Wildman–Crippen LogP) is 3.34. The van der Waals surface area contributed by atoms with Crippen LogP contribution in [0.1, 0.15) is 41.6 Å². The Balaban J connectivity index is 1.21. The first-order valence-corrected chi connectivity index (χ1v) is 11.1. The average Bonchev–Trinajstić information content (AvgIpc) is 3.66. The summed E-state index contributed by atoms with van der Waals surface area (Å²) in [5, 5.41) is 2.89. The maximum absolute atomic E-state index is 12.8. The normalized spacial score (nSPS) is 16.1. The highest BCUT2D eigenvalue weighted by atomic mass is 16.2. The van der Waals surface area contributed by atoms with Crippen molar-refractivity contribution in [3.8, 4) is 0 Å². The van der Waals surface area contributed by atoms with Crippen molar-refractivity contribution in [1.29, 1.82) is 0 Å². The number of carbonyl (C=O) groups excluding carboxylic acids is 3. The van der Waals surface area contributed by atoms with Crippen molar-refractivity contribution in [2.24, 2.45) is 5.92 Å². The van der Waals surface area contributed by atoms with Crippen molar-refractivity contribution < 1.29 is 14.4 Å². The number of nitrogens with zero attached hydrogens (tertiary/aromatic N) is 2. The van der Waals surface area contributed by atoms with Gasteiger partial charge in [0.25, 0.3) is 5.91 Å². The van der Waals surface area contributed by atoms with Crippen LogP contribution in [0.25, 0.3) is 0 Å². The monoisotopic (exact) mass is 419 g/mol. The Kier molecular flexibility index (Phi) is 6.65. The molecule has 0 radical (unpaired) electrons. The molecule has 1 aliphatic carbocycles. The van der Waals surface area contributed by atoms with E-state index >= 15 is 0 Å². The molecular formula is C25H29N3O3. The molecule has 0 bridgehead atoms. The summed E-state index contributed by atoms with van der Waals surface area (Å²) in [4.78, 5) is 40.8. The molecule has 3 amide bonds. The van der Waals surface area contributed by atoms with E-state index in [0.29, 0.717) is 38.2 Å². The molecule has 0 atom stereocenters. The van der Waals surface area contributed by atoms with Gasteiger partial charge in [0, 0.05) is 49.8 Å². The topological polar surface area (TPSA) is 69.7 Å². The fourth-order valence-corrected chi connectivity index (χ4v) is 3.87. The fourth-order valence-electron chi connectivity index (χ4n) is 3.87. The molecule has 6 heteroatoms. The highest BCUT2D eigenvalue weighted by Crippen LogP contribution is 2.30. The van der Waals surface area contributed by atoms with E-state index in [1.165, 1.54) is 5.56 Å². The van der Waals surface area contributed by atoms with Gasteiger partial charge in [-0.25, -0.2) is 0 Å². The maximum atomic E-state index is 12.8. The molecule has 1 aliphatic heterocycles. The number of amides is 3. The largest absolute Gasteiger partial charge is 0.339 e. The second-order valence-electron chi connectivity index (χ2n) is 8.35. The van der Waals surface area contributed by atoms with Crippen LogP contribution in [0.3, 0.4) is 0 Å². The molecular weight excluding hydrogens is 390 g/mol. The average molecular weight is 420 g/mol. The summed E-state index contributed by atoms with van der Waals surface area (Å²) in [6, 6.07) is 17.3. The van der Waals surface area contributed by atoms with Gasteiger partial charge < -0.3 is 15.1 Å². The van der Waals surface area contributed by atoms with Crippen LogP contribution in [0.15, 0.2) is 54.6 Å². The van der Waals surface area contributed by atoms with Gasteiger partial charge in [0.2, 0.25) is 11.8 Å². The van der Waals surface area contributed by atoms with E-state index in [1.807, 2.05) is 23.1 Å². The molecule has 0 unspecified atom stereocenters. The van der Waals surface area contributed by atoms with Gasteiger partial charge in [-0.1, -0.05) is 30.3 Å². The minimum absolute atomic E-state index is 0.0313. The van der Waals surface area contributed by atoms with Gasteiger partial charge >= 0.3 is 0 Å². The third kappa shape index (κ3) is 5.72. The van der Waals surface area contributed by atoms with Crippen LogP contribution in [0.4, 0.5) is 5.69 Å². The van der Waals surface area contributed by atoms with Crippen molar-refractivity contribution in [1.82, 2.24) is 9.80 Å². The minimum Gasteiger partial charge on any atom is -0.339 e. The van der Waals surface area contributed by atoms with Crippen molar-refractivity contribution >= 4 is 23.4 Å². The molecule has 2 aromatic rings. The Morgan fingerprint density at radius 2 is 1.48 bits per heavy atom. The Bertz CT molecular complexity index is 915. The zero-order valence-corrected chi connectivity index (χ0v) is 17.8. The molecule has 1 saturated heterocycles. The Morgan fingerprint density at radius 1 is 0.839 bits per heavy atom. The molecule has 31 heavy (non-hydrogen) atoms. The number of rotatable bonds is 7. The maximum Gasteiger partial charge on any atom is 0.253 e. The second-order valence-corrected chi connectivity index (χ2v) is 8.35. The first-order valence-electron chi connectivity index (χ1n) is 11.1. The van der Waals surface area contributed by atoms with Crippen LogP contribution in [-0.4, -0.2) is 53.7 Å². The van der Waals surface area contributed by atoms with Crippen LogP contribution < -0.4 is 5.32 Å². The Labute approximate surface area is 183 Å². The summed E-state index contributed by atoms with van der Waals surface area (Å²) in [5.74, 6) is 0.345. The Hall–Kier alpha value is -3.15. The summed E-state index contributed by atoms with van der Waals surface area (Å²) < 4.78 is 0. The molecule has 162 valence electrons. The van der Waals surface area contributed by atoms with Gasteiger partial charge in [-0.3, -0.25) is 14.4 Å². The fraction of sp³-hybridized carbons (Fsp3) is 0.400. The lowest BCUT2D eigenvalue weighted by atomic mass is 10.1. The first kappa shape index (κ1) is 21.1. The summed E-state index contributed by atoms with van der Waals surface area (Å²) >= 11 is 0. The van der Waals surface area contributed by atoms with Crippen molar-refractivity contribution in [2.75, 3.05) is 31.5 Å². The first-order chi connectivity index (χ1) is 15.1. The molecule has 0 spiro atoms. The third-order valence-electron chi connectivity index (χ3n) is 5.97. The zero-order chi connectivity index (χ0) is 21.6. The van der Waals surface area contributed by atoms with E-state index < -0.39 is 0 Å². The van der Waals surface area contributed by atoms with Crippen molar-refractivity contribution in [2.45, 2.75) is 32.1 Å². The second kappa shape index (κ2) is 9.77. The number of piperazine rings is 1. The smallest absolute Gasteiger partial charge is 0.253 e. The van der Waals surface area contributed by atoms with Gasteiger partial charge in [0.05, 0.1) is 0 Å². The lowest BCUT2D eigenvalue weighted by molar-refractivity contribution is -0.132. The highest BCUT2D eigenvalue weighted by molar-refractivity contribution is 5.97. The van der Waals surface area contributed by atoms with Gasteiger partial charge in [0.15, 0.2) is 0 Å². The van der Waals surface area contributed by atoms with E-state index in [0.717, 1.165) is 31.4 Å². The SMILES string of the molecule is O=C(Nc1ccc(C(=O)N2CCN(C(=O)CCCc3ccccc3)CC2)cc1)C1CC1. The van der Waals surface area contributed by atoms with E-state index in [4.69, 9.17) is 0 Å². The van der Waals surface area contributed by atoms with Crippen LogP contribution in [0, 0.1) is 5.92 Å². The number of nitrogens with one attached hydrogen (secondary N) is 1. The van der Waals surface area contributed by atoms with Crippen LogP contribution in [0.5, 0.6) is 0 Å². The molecule has 6 nitrogen and oxygen atoms in total. The summed E-state index contributed by atoms with van der Waals surface area (Å²) in [6.45, 7) is 2.24. The van der Waals surface area contributed by atoms with E-state index in [1.54, 1.807) is 29.2 Å². The quantitative estimate of drug-likeness (QED) is 0.748.